The molecule has 0 bridgehead atoms. The lowest BCUT2D eigenvalue weighted by atomic mass is 9.72. The Balaban J connectivity index is 2.55. The first-order chi connectivity index (χ1) is 5.05. The lowest BCUT2D eigenvalue weighted by Crippen LogP contribution is -2.31. The van der Waals surface area contributed by atoms with Crippen LogP contribution in [-0.2, 0) is 4.79 Å². The van der Waals surface area contributed by atoms with Crippen LogP contribution in [0.1, 0.15) is 33.1 Å². The first kappa shape index (κ1) is 8.72. The van der Waals surface area contributed by atoms with Crippen molar-refractivity contribution in [3.8, 4) is 0 Å². The predicted molar refractivity (Wildman–Crippen MR) is 43.2 cm³/mol. The molecular weight excluding hydrogens is 140 g/mol. The summed E-state index contributed by atoms with van der Waals surface area (Å²) in [6, 6.07) is 0. The number of hydrogen-bond acceptors (Lipinski definition) is 2. The standard InChI is InChI=1S/C9H16O2/c1-9(2)4-3-7(6-10)8(11)5-9/h7,10H,3-6H2,1-2H3. The second-order valence-electron chi connectivity index (χ2n) is 4.23. The van der Waals surface area contributed by atoms with Crippen molar-refractivity contribution in [2.24, 2.45) is 11.3 Å². The predicted octanol–water partition coefficient (Wildman–Crippen LogP) is 1.37. The highest BCUT2D eigenvalue weighted by atomic mass is 16.3. The van der Waals surface area contributed by atoms with Crippen LogP contribution in [0.5, 0.6) is 0 Å². The molecule has 64 valence electrons. The Morgan fingerprint density at radius 3 is 2.73 bits per heavy atom. The Morgan fingerprint density at radius 2 is 2.27 bits per heavy atom. The highest BCUT2D eigenvalue weighted by molar-refractivity contribution is 5.82. The molecule has 1 unspecified atom stereocenters. The van der Waals surface area contributed by atoms with E-state index >= 15 is 0 Å². The van der Waals surface area contributed by atoms with Crippen LogP contribution in [0.2, 0.25) is 0 Å². The summed E-state index contributed by atoms with van der Waals surface area (Å²) in [6.07, 6.45) is 2.56. The quantitative estimate of drug-likeness (QED) is 0.622. The fraction of sp³-hybridized carbons (Fsp3) is 0.889. The Kier molecular flexibility index (Phi) is 2.33. The lowest BCUT2D eigenvalue weighted by Gasteiger charge is -2.32. The van der Waals surface area contributed by atoms with Crippen molar-refractivity contribution >= 4 is 5.78 Å². The molecule has 2 nitrogen and oxygen atoms in total. The van der Waals surface area contributed by atoms with E-state index in [0.717, 1.165) is 12.8 Å². The summed E-state index contributed by atoms with van der Waals surface area (Å²) in [5, 5.41) is 8.81. The number of carbonyl (C=O) groups is 1. The van der Waals surface area contributed by atoms with E-state index in [0.29, 0.717) is 6.42 Å². The summed E-state index contributed by atoms with van der Waals surface area (Å²) in [7, 11) is 0. The van der Waals surface area contributed by atoms with Gasteiger partial charge < -0.3 is 5.11 Å². The van der Waals surface area contributed by atoms with Gasteiger partial charge in [0.15, 0.2) is 0 Å². The van der Waals surface area contributed by atoms with Crippen molar-refractivity contribution in [1.29, 1.82) is 0 Å². The van der Waals surface area contributed by atoms with E-state index in [1.54, 1.807) is 0 Å². The molecule has 1 aliphatic rings. The summed E-state index contributed by atoms with van der Waals surface area (Å²) >= 11 is 0. The minimum absolute atomic E-state index is 0.0366. The third kappa shape index (κ3) is 2.03. The number of hydrogen-bond donors (Lipinski definition) is 1. The topological polar surface area (TPSA) is 37.3 Å². The summed E-state index contributed by atoms with van der Waals surface area (Å²) in [5.41, 5.74) is 0.169. The van der Waals surface area contributed by atoms with Gasteiger partial charge in [0.05, 0.1) is 6.61 Å². The van der Waals surface area contributed by atoms with Gasteiger partial charge in [-0.05, 0) is 18.3 Å². The number of carbonyl (C=O) groups excluding carboxylic acids is 1. The molecule has 0 aliphatic heterocycles. The molecule has 0 amide bonds. The smallest absolute Gasteiger partial charge is 0.138 e. The molecule has 0 saturated heterocycles. The van der Waals surface area contributed by atoms with Gasteiger partial charge in [0.1, 0.15) is 5.78 Å². The van der Waals surface area contributed by atoms with Gasteiger partial charge in [-0.15, -0.1) is 0 Å². The second-order valence-corrected chi connectivity index (χ2v) is 4.23. The maximum absolute atomic E-state index is 11.3. The molecule has 0 radical (unpaired) electrons. The van der Waals surface area contributed by atoms with Gasteiger partial charge in [-0.25, -0.2) is 0 Å². The minimum Gasteiger partial charge on any atom is -0.396 e. The van der Waals surface area contributed by atoms with Crippen molar-refractivity contribution in [1.82, 2.24) is 0 Å². The molecule has 2 heteroatoms. The van der Waals surface area contributed by atoms with Crippen molar-refractivity contribution in [2.45, 2.75) is 33.1 Å². The van der Waals surface area contributed by atoms with E-state index in [4.69, 9.17) is 5.11 Å². The molecule has 1 N–H and O–H groups in total. The average Bonchev–Trinajstić information content (AvgIpc) is 1.86. The molecule has 1 saturated carbocycles. The van der Waals surface area contributed by atoms with Gasteiger partial charge in [0.25, 0.3) is 0 Å². The molecule has 1 atom stereocenters. The van der Waals surface area contributed by atoms with Crippen LogP contribution in [0.3, 0.4) is 0 Å². The minimum atomic E-state index is -0.0666. The van der Waals surface area contributed by atoms with Crippen LogP contribution in [0.15, 0.2) is 0 Å². The van der Waals surface area contributed by atoms with Gasteiger partial charge >= 0.3 is 0 Å². The van der Waals surface area contributed by atoms with Crippen LogP contribution in [0.25, 0.3) is 0 Å². The zero-order valence-corrected chi connectivity index (χ0v) is 7.26. The number of ketones is 1. The van der Waals surface area contributed by atoms with Crippen molar-refractivity contribution < 1.29 is 9.90 Å². The fourth-order valence-electron chi connectivity index (χ4n) is 1.62. The molecule has 1 aliphatic carbocycles. The Hall–Kier alpha value is -0.370. The largest absolute Gasteiger partial charge is 0.396 e. The summed E-state index contributed by atoms with van der Waals surface area (Å²) in [5.74, 6) is 0.173. The van der Waals surface area contributed by atoms with Crippen LogP contribution in [0.4, 0.5) is 0 Å². The monoisotopic (exact) mass is 156 g/mol. The zero-order valence-electron chi connectivity index (χ0n) is 7.26. The van der Waals surface area contributed by atoms with E-state index in [9.17, 15) is 4.79 Å². The maximum Gasteiger partial charge on any atom is 0.138 e. The summed E-state index contributed by atoms with van der Waals surface area (Å²) < 4.78 is 0. The molecule has 11 heavy (non-hydrogen) atoms. The van der Waals surface area contributed by atoms with Crippen molar-refractivity contribution in [3.63, 3.8) is 0 Å². The fourth-order valence-corrected chi connectivity index (χ4v) is 1.62. The highest BCUT2D eigenvalue weighted by Crippen LogP contribution is 2.35. The first-order valence-electron chi connectivity index (χ1n) is 4.19. The van der Waals surface area contributed by atoms with Crippen LogP contribution in [0, 0.1) is 11.3 Å². The molecule has 0 heterocycles. The third-order valence-electron chi connectivity index (χ3n) is 2.50. The lowest BCUT2D eigenvalue weighted by molar-refractivity contribution is -0.129. The van der Waals surface area contributed by atoms with E-state index < -0.39 is 0 Å². The van der Waals surface area contributed by atoms with Gasteiger partial charge in [-0.2, -0.15) is 0 Å². The van der Waals surface area contributed by atoms with Gasteiger partial charge in [0, 0.05) is 12.3 Å². The number of rotatable bonds is 1. The number of Topliss-reactive ketones (excluding diaryl/α,β-unsaturated/α-hetero) is 1. The van der Waals surface area contributed by atoms with E-state index in [-0.39, 0.29) is 23.7 Å². The van der Waals surface area contributed by atoms with Gasteiger partial charge in [0.2, 0.25) is 0 Å². The molecule has 1 fully saturated rings. The highest BCUT2D eigenvalue weighted by Gasteiger charge is 2.32. The Morgan fingerprint density at radius 1 is 1.64 bits per heavy atom. The van der Waals surface area contributed by atoms with E-state index in [1.807, 2.05) is 0 Å². The average molecular weight is 156 g/mol. The maximum atomic E-state index is 11.3. The second kappa shape index (κ2) is 2.94. The molecule has 0 aromatic rings. The third-order valence-corrected chi connectivity index (χ3v) is 2.50. The zero-order chi connectivity index (χ0) is 8.48. The molecule has 0 aromatic carbocycles. The summed E-state index contributed by atoms with van der Waals surface area (Å²) in [4.78, 5) is 11.3. The van der Waals surface area contributed by atoms with E-state index in [1.165, 1.54) is 0 Å². The van der Waals surface area contributed by atoms with Gasteiger partial charge in [-0.1, -0.05) is 13.8 Å². The Bertz CT molecular complexity index is 161. The summed E-state index contributed by atoms with van der Waals surface area (Å²) in [6.45, 7) is 4.26. The van der Waals surface area contributed by atoms with Crippen LogP contribution < -0.4 is 0 Å². The normalized spacial score (nSPS) is 30.5. The number of aliphatic hydroxyl groups excluding tert-OH is 1. The van der Waals surface area contributed by atoms with E-state index in [2.05, 4.69) is 13.8 Å². The SMILES string of the molecule is CC1(C)CCC(CO)C(=O)C1. The van der Waals surface area contributed by atoms with Crippen LogP contribution >= 0.6 is 0 Å². The first-order valence-corrected chi connectivity index (χ1v) is 4.19. The van der Waals surface area contributed by atoms with Crippen molar-refractivity contribution in [2.75, 3.05) is 6.61 Å². The van der Waals surface area contributed by atoms with Gasteiger partial charge in [-0.3, -0.25) is 4.79 Å². The Labute approximate surface area is 67.6 Å². The molecule has 0 aromatic heterocycles. The molecule has 1 rings (SSSR count). The molecule has 0 spiro atoms. The van der Waals surface area contributed by atoms with Crippen molar-refractivity contribution in [3.05, 3.63) is 0 Å². The number of aliphatic hydroxyl groups is 1. The van der Waals surface area contributed by atoms with Crippen LogP contribution in [-0.4, -0.2) is 17.5 Å². The molecular formula is C9H16O2.